The highest BCUT2D eigenvalue weighted by Gasteiger charge is 2.27. The molecule has 4 nitrogen and oxygen atoms in total. The van der Waals surface area contributed by atoms with Crippen molar-refractivity contribution in [2.24, 2.45) is 5.92 Å². The van der Waals surface area contributed by atoms with Crippen LogP contribution in [0.25, 0.3) is 0 Å². The summed E-state index contributed by atoms with van der Waals surface area (Å²) in [6.07, 6.45) is 7.22. The van der Waals surface area contributed by atoms with Crippen molar-refractivity contribution in [2.75, 3.05) is 37.3 Å². The van der Waals surface area contributed by atoms with Crippen LogP contribution >= 0.6 is 11.8 Å². The minimum Gasteiger partial charge on any atom is -0.396 e. The highest BCUT2D eigenvalue weighted by Crippen LogP contribution is 2.30. The molecular formula is C17H27N3OS. The maximum atomic E-state index is 8.85. The second-order valence-corrected chi connectivity index (χ2v) is 7.59. The average Bonchev–Trinajstić information content (AvgIpc) is 3.34. The number of likely N-dealkylation sites (tertiary alicyclic amines) is 1. The summed E-state index contributed by atoms with van der Waals surface area (Å²) in [5, 5.41) is 12.5. The van der Waals surface area contributed by atoms with Gasteiger partial charge in [0.2, 0.25) is 0 Å². The number of rotatable bonds is 8. The molecule has 2 heterocycles. The van der Waals surface area contributed by atoms with E-state index in [4.69, 9.17) is 5.11 Å². The summed E-state index contributed by atoms with van der Waals surface area (Å²) in [6, 6.07) is 4.78. The molecule has 0 amide bonds. The Morgan fingerprint density at radius 2 is 2.09 bits per heavy atom. The van der Waals surface area contributed by atoms with Crippen LogP contribution in [-0.4, -0.2) is 53.0 Å². The lowest BCUT2D eigenvalue weighted by Gasteiger charge is -2.32. The molecule has 0 bridgehead atoms. The van der Waals surface area contributed by atoms with E-state index < -0.39 is 0 Å². The number of aromatic nitrogens is 1. The summed E-state index contributed by atoms with van der Waals surface area (Å²) in [6.45, 7) is 4.02. The van der Waals surface area contributed by atoms with Crippen LogP contribution in [0.4, 0.5) is 5.82 Å². The third-order valence-electron chi connectivity index (χ3n) is 4.48. The fourth-order valence-corrected chi connectivity index (χ4v) is 3.72. The first-order valence-electron chi connectivity index (χ1n) is 8.46. The van der Waals surface area contributed by atoms with Gasteiger partial charge in [0.25, 0.3) is 0 Å². The van der Waals surface area contributed by atoms with Crippen LogP contribution in [0, 0.1) is 5.92 Å². The van der Waals surface area contributed by atoms with Gasteiger partial charge in [0.15, 0.2) is 0 Å². The van der Waals surface area contributed by atoms with Crippen molar-refractivity contribution >= 4 is 17.6 Å². The number of anilines is 1. The predicted octanol–water partition coefficient (Wildman–Crippen LogP) is 2.59. The van der Waals surface area contributed by atoms with Gasteiger partial charge < -0.3 is 15.3 Å². The first-order valence-corrected chi connectivity index (χ1v) is 9.61. The van der Waals surface area contributed by atoms with Crippen molar-refractivity contribution in [1.82, 2.24) is 9.88 Å². The van der Waals surface area contributed by atoms with E-state index in [0.29, 0.717) is 6.04 Å². The summed E-state index contributed by atoms with van der Waals surface area (Å²) in [5.41, 5.74) is 1.28. The largest absolute Gasteiger partial charge is 0.396 e. The van der Waals surface area contributed by atoms with E-state index in [1.165, 1.54) is 50.9 Å². The first-order chi connectivity index (χ1) is 10.8. The first kappa shape index (κ1) is 16.1. The predicted molar refractivity (Wildman–Crippen MR) is 93.3 cm³/mol. The third kappa shape index (κ3) is 5.14. The third-order valence-corrected chi connectivity index (χ3v) is 5.49. The molecule has 3 rings (SSSR count). The Bertz CT molecular complexity index is 459. The zero-order chi connectivity index (χ0) is 15.2. The van der Waals surface area contributed by atoms with E-state index in [-0.39, 0.29) is 6.61 Å². The Kier molecular flexibility index (Phi) is 5.98. The van der Waals surface area contributed by atoms with E-state index >= 15 is 0 Å². The van der Waals surface area contributed by atoms with Gasteiger partial charge in [0.05, 0.1) is 6.61 Å². The molecule has 2 N–H and O–H groups in total. The normalized spacial score (nSPS) is 20.2. The highest BCUT2D eigenvalue weighted by atomic mass is 32.2. The Hall–Kier alpha value is -0.780. The van der Waals surface area contributed by atoms with Crippen LogP contribution in [0.15, 0.2) is 18.3 Å². The molecule has 1 saturated carbocycles. The molecule has 0 aromatic carbocycles. The van der Waals surface area contributed by atoms with Crippen molar-refractivity contribution in [3.8, 4) is 0 Å². The van der Waals surface area contributed by atoms with Crippen molar-refractivity contribution < 1.29 is 5.11 Å². The van der Waals surface area contributed by atoms with E-state index in [1.54, 1.807) is 11.8 Å². The molecule has 0 spiro atoms. The molecule has 2 aliphatic rings. The Morgan fingerprint density at radius 1 is 1.27 bits per heavy atom. The summed E-state index contributed by atoms with van der Waals surface area (Å²) in [5.74, 6) is 3.74. The number of piperidine rings is 1. The minimum atomic E-state index is 0.250. The lowest BCUT2D eigenvalue weighted by Crippen LogP contribution is -2.40. The zero-order valence-electron chi connectivity index (χ0n) is 13.2. The smallest absolute Gasteiger partial charge is 0.126 e. The lowest BCUT2D eigenvalue weighted by molar-refractivity contribution is 0.211. The van der Waals surface area contributed by atoms with Gasteiger partial charge in [-0.05, 0) is 49.3 Å². The van der Waals surface area contributed by atoms with Crippen molar-refractivity contribution in [1.29, 1.82) is 0 Å². The molecule has 0 radical (unpaired) electrons. The standard InChI is InChI=1S/C17H27N3OS/c21-9-10-22-13-15-3-6-18-17(11-15)19-16-4-7-20(8-5-16)12-14-1-2-14/h3,6,11,14,16,21H,1-2,4-5,7-10,12-13H2,(H,18,19). The van der Waals surface area contributed by atoms with Crippen molar-refractivity contribution in [2.45, 2.75) is 37.5 Å². The molecule has 1 aliphatic carbocycles. The van der Waals surface area contributed by atoms with Gasteiger partial charge in [-0.3, -0.25) is 0 Å². The summed E-state index contributed by atoms with van der Waals surface area (Å²) < 4.78 is 0. The fourth-order valence-electron chi connectivity index (χ4n) is 3.03. The molecule has 1 aromatic rings. The van der Waals surface area contributed by atoms with Gasteiger partial charge in [-0.15, -0.1) is 0 Å². The minimum absolute atomic E-state index is 0.250. The molecule has 1 aromatic heterocycles. The average molecular weight is 321 g/mol. The summed E-state index contributed by atoms with van der Waals surface area (Å²) in [7, 11) is 0. The quantitative estimate of drug-likeness (QED) is 0.721. The Balaban J connectivity index is 1.43. The van der Waals surface area contributed by atoms with Crippen LogP contribution in [-0.2, 0) is 5.75 Å². The highest BCUT2D eigenvalue weighted by molar-refractivity contribution is 7.98. The number of aliphatic hydroxyl groups excluding tert-OH is 1. The van der Waals surface area contributed by atoms with Gasteiger partial charge >= 0.3 is 0 Å². The second-order valence-electron chi connectivity index (χ2n) is 6.49. The Morgan fingerprint density at radius 3 is 2.82 bits per heavy atom. The molecule has 0 atom stereocenters. The SMILES string of the molecule is OCCSCc1ccnc(NC2CCN(CC3CC3)CC2)c1. The molecule has 2 fully saturated rings. The molecular weight excluding hydrogens is 294 g/mol. The van der Waals surface area contributed by atoms with Gasteiger partial charge in [0, 0.05) is 43.4 Å². The summed E-state index contributed by atoms with van der Waals surface area (Å²) >= 11 is 1.76. The molecule has 5 heteroatoms. The number of hydrogen-bond acceptors (Lipinski definition) is 5. The van der Waals surface area contributed by atoms with Crippen LogP contribution < -0.4 is 5.32 Å². The van der Waals surface area contributed by atoms with Crippen LogP contribution in [0.3, 0.4) is 0 Å². The molecule has 1 saturated heterocycles. The zero-order valence-corrected chi connectivity index (χ0v) is 14.0. The van der Waals surface area contributed by atoms with E-state index in [1.807, 2.05) is 6.20 Å². The number of nitrogens with one attached hydrogen (secondary N) is 1. The van der Waals surface area contributed by atoms with Crippen LogP contribution in [0.2, 0.25) is 0 Å². The fraction of sp³-hybridized carbons (Fsp3) is 0.706. The second kappa shape index (κ2) is 8.18. The number of hydrogen-bond donors (Lipinski definition) is 2. The topological polar surface area (TPSA) is 48.4 Å². The van der Waals surface area contributed by atoms with Crippen LogP contribution in [0.5, 0.6) is 0 Å². The van der Waals surface area contributed by atoms with Crippen molar-refractivity contribution in [3.05, 3.63) is 23.9 Å². The summed E-state index contributed by atoms with van der Waals surface area (Å²) in [4.78, 5) is 7.09. The molecule has 22 heavy (non-hydrogen) atoms. The number of thioether (sulfide) groups is 1. The van der Waals surface area contributed by atoms with E-state index in [2.05, 4.69) is 27.3 Å². The van der Waals surface area contributed by atoms with E-state index in [0.717, 1.165) is 23.2 Å². The van der Waals surface area contributed by atoms with Gasteiger partial charge in [-0.2, -0.15) is 11.8 Å². The monoisotopic (exact) mass is 321 g/mol. The lowest BCUT2D eigenvalue weighted by atomic mass is 10.0. The molecule has 0 unspecified atom stereocenters. The molecule has 1 aliphatic heterocycles. The van der Waals surface area contributed by atoms with E-state index in [9.17, 15) is 0 Å². The van der Waals surface area contributed by atoms with Crippen LogP contribution in [0.1, 0.15) is 31.2 Å². The maximum Gasteiger partial charge on any atom is 0.126 e. The molecule has 122 valence electrons. The van der Waals surface area contributed by atoms with Gasteiger partial charge in [-0.1, -0.05) is 0 Å². The van der Waals surface area contributed by atoms with Gasteiger partial charge in [0.1, 0.15) is 5.82 Å². The Labute approximate surface area is 137 Å². The van der Waals surface area contributed by atoms with Crippen molar-refractivity contribution in [3.63, 3.8) is 0 Å². The number of pyridine rings is 1. The van der Waals surface area contributed by atoms with Gasteiger partial charge in [-0.25, -0.2) is 4.98 Å². The maximum absolute atomic E-state index is 8.85. The number of aliphatic hydroxyl groups is 1. The number of nitrogens with zero attached hydrogens (tertiary/aromatic N) is 2.